The van der Waals surface area contributed by atoms with Gasteiger partial charge in [-0.05, 0) is 44.4 Å². The summed E-state index contributed by atoms with van der Waals surface area (Å²) in [4.78, 5) is 14.7. The highest BCUT2D eigenvalue weighted by Crippen LogP contribution is 2.27. The van der Waals surface area contributed by atoms with Crippen LogP contribution in [0.5, 0.6) is 0 Å². The maximum absolute atomic E-state index is 13.2. The maximum Gasteiger partial charge on any atom is 0.237 e. The van der Waals surface area contributed by atoms with Crippen LogP contribution in [0.1, 0.15) is 26.2 Å². The Morgan fingerprint density at radius 3 is 2.95 bits per heavy atom. The number of thioether (sulfide) groups is 1. The second kappa shape index (κ2) is 6.79. The van der Waals surface area contributed by atoms with Crippen LogP contribution in [0.2, 0.25) is 0 Å². The van der Waals surface area contributed by atoms with Gasteiger partial charge in [0.1, 0.15) is 5.82 Å². The van der Waals surface area contributed by atoms with E-state index >= 15 is 0 Å². The molecule has 1 aromatic rings. The number of nitrogens with two attached hydrogens (primary N) is 1. The van der Waals surface area contributed by atoms with Crippen molar-refractivity contribution in [1.29, 1.82) is 0 Å². The number of halogens is 1. The van der Waals surface area contributed by atoms with Crippen LogP contribution < -0.4 is 5.73 Å². The van der Waals surface area contributed by atoms with Crippen molar-refractivity contribution in [2.75, 3.05) is 18.0 Å². The van der Waals surface area contributed by atoms with E-state index in [1.54, 1.807) is 0 Å². The highest BCUT2D eigenvalue weighted by molar-refractivity contribution is 8.00. The summed E-state index contributed by atoms with van der Waals surface area (Å²) < 4.78 is 13.2. The molecule has 1 aromatic carbocycles. The van der Waals surface area contributed by atoms with Crippen molar-refractivity contribution >= 4 is 23.4 Å². The van der Waals surface area contributed by atoms with E-state index in [0.717, 1.165) is 25.0 Å². The SMILES string of the molecule is CCN(C(=O)CSc1cc(F)ccc1N)C1=CCCC1. The molecule has 0 aromatic heterocycles. The number of carbonyl (C=O) groups excluding carboxylic acids is 1. The van der Waals surface area contributed by atoms with Crippen LogP contribution >= 0.6 is 11.8 Å². The molecule has 0 bridgehead atoms. The van der Waals surface area contributed by atoms with Crippen molar-refractivity contribution < 1.29 is 9.18 Å². The summed E-state index contributed by atoms with van der Waals surface area (Å²) in [5, 5.41) is 0. The normalized spacial score (nSPS) is 14.2. The summed E-state index contributed by atoms with van der Waals surface area (Å²) in [5.74, 6) is -0.00643. The number of rotatable bonds is 5. The summed E-state index contributed by atoms with van der Waals surface area (Å²) in [6.07, 6.45) is 5.25. The van der Waals surface area contributed by atoms with Gasteiger partial charge in [0.05, 0.1) is 5.75 Å². The fourth-order valence-corrected chi connectivity index (χ4v) is 3.15. The van der Waals surface area contributed by atoms with Gasteiger partial charge in [0.2, 0.25) is 5.91 Å². The molecular weight excluding hydrogens is 275 g/mol. The Hall–Kier alpha value is -1.49. The molecule has 2 rings (SSSR count). The number of hydrogen-bond donors (Lipinski definition) is 1. The summed E-state index contributed by atoms with van der Waals surface area (Å²) in [5.41, 5.74) is 7.41. The first kappa shape index (κ1) is 14.9. The zero-order valence-electron chi connectivity index (χ0n) is 11.6. The van der Waals surface area contributed by atoms with E-state index < -0.39 is 0 Å². The van der Waals surface area contributed by atoms with Crippen LogP contribution in [0, 0.1) is 5.82 Å². The highest BCUT2D eigenvalue weighted by Gasteiger charge is 2.18. The number of carbonyl (C=O) groups is 1. The van der Waals surface area contributed by atoms with Crippen LogP contribution in [0.25, 0.3) is 0 Å². The number of hydrogen-bond acceptors (Lipinski definition) is 3. The number of nitrogens with zero attached hydrogens (tertiary/aromatic N) is 1. The Bertz CT molecular complexity index is 531. The molecule has 0 radical (unpaired) electrons. The van der Waals surface area contributed by atoms with Gasteiger partial charge in [-0.15, -0.1) is 11.8 Å². The van der Waals surface area contributed by atoms with Crippen LogP contribution in [-0.4, -0.2) is 23.1 Å². The lowest BCUT2D eigenvalue weighted by Gasteiger charge is -2.22. The van der Waals surface area contributed by atoms with E-state index in [0.29, 0.717) is 17.1 Å². The number of anilines is 1. The predicted octanol–water partition coefficient (Wildman–Crippen LogP) is 3.42. The van der Waals surface area contributed by atoms with E-state index in [1.807, 2.05) is 11.8 Å². The van der Waals surface area contributed by atoms with Gasteiger partial charge < -0.3 is 10.6 Å². The molecule has 0 saturated carbocycles. The number of allylic oxidation sites excluding steroid dienone is 2. The van der Waals surface area contributed by atoms with Gasteiger partial charge in [0.25, 0.3) is 0 Å². The molecular formula is C15H19FN2OS. The number of nitrogen functional groups attached to an aromatic ring is 1. The Morgan fingerprint density at radius 1 is 1.50 bits per heavy atom. The molecule has 3 nitrogen and oxygen atoms in total. The molecule has 1 amide bonds. The van der Waals surface area contributed by atoms with Crippen LogP contribution in [0.3, 0.4) is 0 Å². The van der Waals surface area contributed by atoms with E-state index in [9.17, 15) is 9.18 Å². The van der Waals surface area contributed by atoms with Crippen LogP contribution in [0.4, 0.5) is 10.1 Å². The second-order valence-corrected chi connectivity index (χ2v) is 5.71. The van der Waals surface area contributed by atoms with E-state index in [2.05, 4.69) is 6.08 Å². The third-order valence-corrected chi connectivity index (χ3v) is 4.36. The largest absolute Gasteiger partial charge is 0.398 e. The zero-order valence-corrected chi connectivity index (χ0v) is 12.4. The highest BCUT2D eigenvalue weighted by atomic mass is 32.2. The molecule has 0 saturated heterocycles. The minimum absolute atomic E-state index is 0.0503. The quantitative estimate of drug-likeness (QED) is 0.668. The number of benzene rings is 1. The first-order chi connectivity index (χ1) is 9.61. The van der Waals surface area contributed by atoms with Gasteiger partial charge in [-0.25, -0.2) is 4.39 Å². The molecule has 1 aliphatic carbocycles. The molecule has 20 heavy (non-hydrogen) atoms. The average molecular weight is 294 g/mol. The van der Waals surface area contributed by atoms with Crippen LogP contribution in [-0.2, 0) is 4.79 Å². The Kier molecular flexibility index (Phi) is 5.06. The Balaban J connectivity index is 1.98. The average Bonchev–Trinajstić information content (AvgIpc) is 2.94. The summed E-state index contributed by atoms with van der Waals surface area (Å²) >= 11 is 1.29. The van der Waals surface area contributed by atoms with Crippen molar-refractivity contribution in [1.82, 2.24) is 4.90 Å². The van der Waals surface area contributed by atoms with Gasteiger partial charge >= 0.3 is 0 Å². The lowest BCUT2D eigenvalue weighted by molar-refractivity contribution is -0.126. The minimum Gasteiger partial charge on any atom is -0.398 e. The van der Waals surface area contributed by atoms with Crippen molar-refractivity contribution in [3.63, 3.8) is 0 Å². The summed E-state index contributed by atoms with van der Waals surface area (Å²) in [6, 6.07) is 4.22. The third-order valence-electron chi connectivity index (χ3n) is 3.31. The van der Waals surface area contributed by atoms with Crippen LogP contribution in [0.15, 0.2) is 34.9 Å². The molecule has 2 N–H and O–H groups in total. The second-order valence-electron chi connectivity index (χ2n) is 4.70. The first-order valence-corrected chi connectivity index (χ1v) is 7.77. The lowest BCUT2D eigenvalue weighted by Crippen LogP contribution is -2.31. The zero-order chi connectivity index (χ0) is 14.5. The maximum atomic E-state index is 13.2. The van der Waals surface area contributed by atoms with E-state index in [1.165, 1.54) is 30.0 Å². The molecule has 0 spiro atoms. The molecule has 5 heteroatoms. The van der Waals surface area contributed by atoms with Gasteiger partial charge in [-0.1, -0.05) is 6.08 Å². The van der Waals surface area contributed by atoms with Crippen molar-refractivity contribution in [3.05, 3.63) is 35.8 Å². The van der Waals surface area contributed by atoms with E-state index in [-0.39, 0.29) is 17.5 Å². The van der Waals surface area contributed by atoms with Crippen molar-refractivity contribution in [2.24, 2.45) is 0 Å². The molecule has 0 unspecified atom stereocenters. The standard InChI is InChI=1S/C15H19FN2OS/c1-2-18(12-5-3-4-6-12)15(19)10-20-14-9-11(16)7-8-13(14)17/h5,7-9H,2-4,6,10,17H2,1H3. The third kappa shape index (κ3) is 3.54. The van der Waals surface area contributed by atoms with Gasteiger partial charge in [-0.2, -0.15) is 0 Å². The van der Waals surface area contributed by atoms with Crippen molar-refractivity contribution in [3.8, 4) is 0 Å². The van der Waals surface area contributed by atoms with Gasteiger partial charge in [0, 0.05) is 22.8 Å². The minimum atomic E-state index is -0.333. The van der Waals surface area contributed by atoms with Gasteiger partial charge in [0.15, 0.2) is 0 Å². The fourth-order valence-electron chi connectivity index (χ4n) is 2.29. The lowest BCUT2D eigenvalue weighted by atomic mass is 10.3. The summed E-state index contributed by atoms with van der Waals surface area (Å²) in [7, 11) is 0. The van der Waals surface area contributed by atoms with E-state index in [4.69, 9.17) is 5.73 Å². The predicted molar refractivity (Wildman–Crippen MR) is 80.9 cm³/mol. The Morgan fingerprint density at radius 2 is 2.30 bits per heavy atom. The first-order valence-electron chi connectivity index (χ1n) is 6.79. The number of amides is 1. The van der Waals surface area contributed by atoms with Crippen molar-refractivity contribution in [2.45, 2.75) is 31.1 Å². The monoisotopic (exact) mass is 294 g/mol. The molecule has 0 heterocycles. The molecule has 108 valence electrons. The molecule has 0 aliphatic heterocycles. The summed E-state index contributed by atoms with van der Waals surface area (Å²) in [6.45, 7) is 2.64. The Labute approximate surface area is 123 Å². The molecule has 0 fully saturated rings. The fraction of sp³-hybridized carbons (Fsp3) is 0.400. The molecule has 1 aliphatic rings. The smallest absolute Gasteiger partial charge is 0.237 e. The van der Waals surface area contributed by atoms with Gasteiger partial charge in [-0.3, -0.25) is 4.79 Å². The molecule has 0 atom stereocenters. The topological polar surface area (TPSA) is 46.3 Å².